The van der Waals surface area contributed by atoms with Crippen molar-refractivity contribution in [3.63, 3.8) is 0 Å². The molecule has 2 aromatic rings. The van der Waals surface area contributed by atoms with Gasteiger partial charge >= 0.3 is 6.18 Å². The zero-order valence-corrected chi connectivity index (χ0v) is 20.3. The van der Waals surface area contributed by atoms with Gasteiger partial charge in [0, 0.05) is 24.5 Å². The highest BCUT2D eigenvalue weighted by atomic mass is 19.4. The second-order valence-electron chi connectivity index (χ2n) is 10.6. The number of hydrogen-bond acceptors (Lipinski definition) is 6. The first-order chi connectivity index (χ1) is 17.3. The van der Waals surface area contributed by atoms with E-state index in [1.54, 1.807) is 0 Å². The minimum atomic E-state index is -4.47. The van der Waals surface area contributed by atoms with Gasteiger partial charge in [-0.3, -0.25) is 9.69 Å². The minimum absolute atomic E-state index is 0.0695. The molecule has 0 radical (unpaired) electrons. The van der Waals surface area contributed by atoms with Crippen molar-refractivity contribution in [2.45, 2.75) is 75.7 Å². The highest BCUT2D eigenvalue weighted by molar-refractivity contribution is 5.91. The SMILES string of the molecule is O=C(CNc1ncnc2ccc(C(F)(F)F)cc12)NC1CN([C@H]2CC[C@H](C(O)C3CCCC3)CC2)C1. The average Bonchev–Trinajstić information content (AvgIpc) is 3.38. The highest BCUT2D eigenvalue weighted by Gasteiger charge is 2.38. The third-order valence-electron chi connectivity index (χ3n) is 8.28. The predicted molar refractivity (Wildman–Crippen MR) is 130 cm³/mol. The van der Waals surface area contributed by atoms with Crippen molar-refractivity contribution in [1.82, 2.24) is 20.2 Å². The Morgan fingerprint density at radius 1 is 1.06 bits per heavy atom. The first kappa shape index (κ1) is 25.2. The maximum Gasteiger partial charge on any atom is 0.416 e. The standard InChI is InChI=1S/C26H34F3N5O2/c27-26(28,29)18-7-10-22-21(11-18)25(32-15-31-22)30-12-23(35)33-19-13-34(14-19)20-8-5-17(6-9-20)24(36)16-3-1-2-4-16/h7,10-11,15-17,19-20,24,36H,1-6,8-9,12-14H2,(H,33,35)(H,30,31,32)/t17-,20-,24?. The molecule has 1 saturated heterocycles. The molecule has 1 atom stereocenters. The Hall–Kier alpha value is -2.46. The Kier molecular flexibility index (Phi) is 7.35. The Labute approximate surface area is 208 Å². The van der Waals surface area contributed by atoms with E-state index < -0.39 is 11.7 Å². The number of alkyl halides is 3. The van der Waals surface area contributed by atoms with E-state index in [1.165, 1.54) is 38.1 Å². The van der Waals surface area contributed by atoms with Crippen LogP contribution in [0, 0.1) is 11.8 Å². The summed E-state index contributed by atoms with van der Waals surface area (Å²) in [7, 11) is 0. The molecule has 1 aromatic carbocycles. The van der Waals surface area contributed by atoms with Gasteiger partial charge in [0.1, 0.15) is 12.1 Å². The van der Waals surface area contributed by atoms with E-state index >= 15 is 0 Å². The molecule has 196 valence electrons. The number of anilines is 1. The van der Waals surface area contributed by atoms with Crippen molar-refractivity contribution in [3.05, 3.63) is 30.1 Å². The molecule has 2 saturated carbocycles. The first-order valence-corrected chi connectivity index (χ1v) is 13.1. The Bertz CT molecular complexity index is 1060. The van der Waals surface area contributed by atoms with E-state index in [-0.39, 0.29) is 35.8 Å². The summed E-state index contributed by atoms with van der Waals surface area (Å²) < 4.78 is 39.3. The summed E-state index contributed by atoms with van der Waals surface area (Å²) in [6.45, 7) is 1.53. The zero-order valence-electron chi connectivity index (χ0n) is 20.3. The number of hydrogen-bond donors (Lipinski definition) is 3. The van der Waals surface area contributed by atoms with Gasteiger partial charge in [-0.25, -0.2) is 9.97 Å². The van der Waals surface area contributed by atoms with Crippen molar-refractivity contribution in [3.8, 4) is 0 Å². The van der Waals surface area contributed by atoms with Crippen LogP contribution >= 0.6 is 0 Å². The van der Waals surface area contributed by atoms with E-state index in [0.717, 1.165) is 50.9 Å². The van der Waals surface area contributed by atoms with Crippen LogP contribution < -0.4 is 10.6 Å². The highest BCUT2D eigenvalue weighted by Crippen LogP contribution is 2.38. The molecule has 3 fully saturated rings. The van der Waals surface area contributed by atoms with E-state index in [4.69, 9.17) is 0 Å². The summed E-state index contributed by atoms with van der Waals surface area (Å²) in [6.07, 6.45) is 5.84. The van der Waals surface area contributed by atoms with Gasteiger partial charge in [-0.1, -0.05) is 12.8 Å². The van der Waals surface area contributed by atoms with E-state index in [2.05, 4.69) is 25.5 Å². The normalized spacial score (nSPS) is 25.0. The van der Waals surface area contributed by atoms with Crippen LogP contribution in [-0.4, -0.2) is 63.7 Å². The molecule has 2 heterocycles. The van der Waals surface area contributed by atoms with Crippen LogP contribution in [0.3, 0.4) is 0 Å². The van der Waals surface area contributed by atoms with Gasteiger partial charge in [0.25, 0.3) is 0 Å². The molecule has 1 aliphatic heterocycles. The molecule has 7 nitrogen and oxygen atoms in total. The largest absolute Gasteiger partial charge is 0.416 e. The number of nitrogens with zero attached hydrogens (tertiary/aromatic N) is 3. The van der Waals surface area contributed by atoms with Crippen LogP contribution in [0.1, 0.15) is 56.9 Å². The average molecular weight is 506 g/mol. The molecule has 36 heavy (non-hydrogen) atoms. The fourth-order valence-electron chi connectivity index (χ4n) is 6.21. The lowest BCUT2D eigenvalue weighted by Gasteiger charge is -2.47. The summed E-state index contributed by atoms with van der Waals surface area (Å²) in [5.74, 6) is 0.905. The number of likely N-dealkylation sites (tertiary alicyclic amines) is 1. The van der Waals surface area contributed by atoms with Gasteiger partial charge in [-0.05, 0) is 68.6 Å². The van der Waals surface area contributed by atoms with Gasteiger partial charge in [0.2, 0.25) is 5.91 Å². The molecule has 3 aliphatic rings. The number of aliphatic hydroxyl groups excluding tert-OH is 1. The lowest BCUT2D eigenvalue weighted by atomic mass is 9.77. The van der Waals surface area contributed by atoms with Crippen LogP contribution in [0.4, 0.5) is 19.0 Å². The Morgan fingerprint density at radius 3 is 2.44 bits per heavy atom. The fraction of sp³-hybridized carbons (Fsp3) is 0.654. The summed E-state index contributed by atoms with van der Waals surface area (Å²) in [5, 5.41) is 16.8. The molecule has 0 spiro atoms. The van der Waals surface area contributed by atoms with Crippen molar-refractivity contribution in [2.75, 3.05) is 25.0 Å². The van der Waals surface area contributed by atoms with Crippen molar-refractivity contribution < 1.29 is 23.1 Å². The van der Waals surface area contributed by atoms with E-state index in [1.807, 2.05) is 0 Å². The summed E-state index contributed by atoms with van der Waals surface area (Å²) in [6, 6.07) is 3.87. The number of benzene rings is 1. The van der Waals surface area contributed by atoms with Crippen molar-refractivity contribution >= 4 is 22.6 Å². The van der Waals surface area contributed by atoms with Gasteiger partial charge < -0.3 is 15.7 Å². The molecule has 10 heteroatoms. The summed E-state index contributed by atoms with van der Waals surface area (Å²) in [5.41, 5.74) is -0.407. The number of aromatic nitrogens is 2. The van der Waals surface area contributed by atoms with Crippen LogP contribution in [0.5, 0.6) is 0 Å². The smallest absolute Gasteiger partial charge is 0.393 e. The molecule has 3 N–H and O–H groups in total. The van der Waals surface area contributed by atoms with Crippen LogP contribution in [-0.2, 0) is 11.0 Å². The van der Waals surface area contributed by atoms with Crippen LogP contribution in [0.15, 0.2) is 24.5 Å². The number of carbonyl (C=O) groups excluding carboxylic acids is 1. The second-order valence-corrected chi connectivity index (χ2v) is 10.6. The zero-order chi connectivity index (χ0) is 25.3. The van der Waals surface area contributed by atoms with Crippen molar-refractivity contribution in [2.24, 2.45) is 11.8 Å². The lowest BCUT2D eigenvalue weighted by Crippen LogP contribution is -2.63. The number of fused-ring (bicyclic) bond motifs is 1. The van der Waals surface area contributed by atoms with Crippen LogP contribution in [0.25, 0.3) is 10.9 Å². The second kappa shape index (κ2) is 10.5. The molecular weight excluding hydrogens is 471 g/mol. The van der Waals surface area contributed by atoms with E-state index in [9.17, 15) is 23.1 Å². The summed E-state index contributed by atoms with van der Waals surface area (Å²) in [4.78, 5) is 22.9. The number of aliphatic hydroxyl groups is 1. The maximum atomic E-state index is 13.1. The van der Waals surface area contributed by atoms with Gasteiger partial charge in [-0.15, -0.1) is 0 Å². The monoisotopic (exact) mass is 505 g/mol. The summed E-state index contributed by atoms with van der Waals surface area (Å²) >= 11 is 0. The van der Waals surface area contributed by atoms with E-state index in [0.29, 0.717) is 23.4 Å². The first-order valence-electron chi connectivity index (χ1n) is 13.1. The predicted octanol–water partition coefficient (Wildman–Crippen LogP) is 3.97. The minimum Gasteiger partial charge on any atom is -0.393 e. The Balaban J connectivity index is 1.06. The molecule has 1 aromatic heterocycles. The Morgan fingerprint density at radius 2 is 1.75 bits per heavy atom. The topological polar surface area (TPSA) is 90.4 Å². The van der Waals surface area contributed by atoms with Gasteiger partial charge in [0.05, 0.1) is 29.8 Å². The third kappa shape index (κ3) is 5.59. The van der Waals surface area contributed by atoms with Crippen LogP contribution in [0.2, 0.25) is 0 Å². The number of nitrogens with one attached hydrogen (secondary N) is 2. The molecule has 5 rings (SSSR count). The number of amides is 1. The molecular formula is C26H34F3N5O2. The number of halogens is 3. The lowest BCUT2D eigenvalue weighted by molar-refractivity contribution is -0.137. The molecule has 1 unspecified atom stereocenters. The maximum absolute atomic E-state index is 13.1. The molecule has 2 aliphatic carbocycles. The van der Waals surface area contributed by atoms with Gasteiger partial charge in [0.15, 0.2) is 0 Å². The third-order valence-corrected chi connectivity index (χ3v) is 8.28. The van der Waals surface area contributed by atoms with Crippen molar-refractivity contribution in [1.29, 1.82) is 0 Å². The van der Waals surface area contributed by atoms with Gasteiger partial charge in [-0.2, -0.15) is 13.2 Å². The quantitative estimate of drug-likeness (QED) is 0.528. The fourth-order valence-corrected chi connectivity index (χ4v) is 6.21. The molecule has 1 amide bonds. The number of carbonyl (C=O) groups is 1. The number of rotatable bonds is 7. The molecule has 0 bridgehead atoms.